The second-order valence-corrected chi connectivity index (χ2v) is 5.11. The van der Waals surface area contributed by atoms with E-state index in [1.54, 1.807) is 11.8 Å². The molecule has 0 bridgehead atoms. The van der Waals surface area contributed by atoms with Gasteiger partial charge in [-0.1, -0.05) is 30.0 Å². The smallest absolute Gasteiger partial charge is 0.166 e. The normalized spacial score (nSPS) is 10.8. The first-order valence-corrected chi connectivity index (χ1v) is 7.04. The molecule has 0 aliphatic rings. The summed E-state index contributed by atoms with van der Waals surface area (Å²) in [6, 6.07) is 12.1. The number of hydrogen-bond donors (Lipinski definition) is 2. The summed E-state index contributed by atoms with van der Waals surface area (Å²) in [6.07, 6.45) is 1.89. The van der Waals surface area contributed by atoms with Crippen LogP contribution in [0.15, 0.2) is 47.8 Å². The number of benzene rings is 1. The minimum absolute atomic E-state index is 0.858. The van der Waals surface area contributed by atoms with E-state index >= 15 is 0 Å². The third-order valence-corrected chi connectivity index (χ3v) is 3.77. The van der Waals surface area contributed by atoms with Crippen molar-refractivity contribution in [2.75, 3.05) is 12.4 Å². The number of hydrogen-bond acceptors (Lipinski definition) is 4. The molecule has 0 aliphatic heterocycles. The average Bonchev–Trinajstić information content (AvgIpc) is 2.88. The molecule has 0 fully saturated rings. The van der Waals surface area contributed by atoms with E-state index in [1.807, 2.05) is 43.6 Å². The predicted octanol–water partition coefficient (Wildman–Crippen LogP) is 3.29. The summed E-state index contributed by atoms with van der Waals surface area (Å²) in [5, 5.41) is 3.95. The van der Waals surface area contributed by atoms with Crippen LogP contribution in [0.2, 0.25) is 0 Å². The number of anilines is 1. The van der Waals surface area contributed by atoms with E-state index in [-0.39, 0.29) is 0 Å². The zero-order valence-corrected chi connectivity index (χ0v) is 11.4. The molecule has 4 nitrogen and oxygen atoms in total. The van der Waals surface area contributed by atoms with Crippen molar-refractivity contribution in [3.05, 3.63) is 48.2 Å². The van der Waals surface area contributed by atoms with Gasteiger partial charge >= 0.3 is 0 Å². The number of rotatable bonds is 4. The molecule has 1 aromatic carbocycles. The van der Waals surface area contributed by atoms with Crippen LogP contribution in [0, 0.1) is 0 Å². The van der Waals surface area contributed by atoms with Crippen molar-refractivity contribution in [2.24, 2.45) is 0 Å². The first-order chi connectivity index (χ1) is 9.35. The number of pyridine rings is 1. The summed E-state index contributed by atoms with van der Waals surface area (Å²) in [4.78, 5) is 12.1. The molecule has 5 heteroatoms. The molecule has 0 atom stereocenters. The van der Waals surface area contributed by atoms with Gasteiger partial charge in [0, 0.05) is 19.0 Å². The van der Waals surface area contributed by atoms with Crippen molar-refractivity contribution in [1.29, 1.82) is 0 Å². The van der Waals surface area contributed by atoms with Gasteiger partial charge in [0.25, 0.3) is 0 Å². The number of nitrogens with one attached hydrogen (secondary N) is 2. The Morgan fingerprint density at radius 3 is 2.84 bits per heavy atom. The van der Waals surface area contributed by atoms with Crippen LogP contribution in [0.5, 0.6) is 0 Å². The first-order valence-electron chi connectivity index (χ1n) is 6.05. The first kappa shape index (κ1) is 12.0. The third-order valence-electron chi connectivity index (χ3n) is 2.82. The molecule has 2 heterocycles. The maximum absolute atomic E-state index is 4.54. The molecule has 0 unspecified atom stereocenters. The molecule has 3 rings (SSSR count). The van der Waals surface area contributed by atoms with Crippen LogP contribution >= 0.6 is 11.8 Å². The van der Waals surface area contributed by atoms with Crippen molar-refractivity contribution in [2.45, 2.75) is 10.9 Å². The van der Waals surface area contributed by atoms with E-state index in [0.717, 1.165) is 27.8 Å². The molecule has 3 aromatic rings. The molecule has 0 amide bonds. The minimum Gasteiger partial charge on any atom is -0.373 e. The lowest BCUT2D eigenvalue weighted by Gasteiger charge is -2.01. The van der Waals surface area contributed by atoms with Gasteiger partial charge in [-0.05, 0) is 23.8 Å². The fraction of sp³-hybridized carbons (Fsp3) is 0.143. The summed E-state index contributed by atoms with van der Waals surface area (Å²) in [5.74, 6) is 1.74. The van der Waals surface area contributed by atoms with E-state index in [4.69, 9.17) is 0 Å². The largest absolute Gasteiger partial charge is 0.373 e. The molecular weight excluding hydrogens is 256 g/mol. The van der Waals surface area contributed by atoms with Crippen LogP contribution < -0.4 is 5.32 Å². The zero-order chi connectivity index (χ0) is 13.1. The Morgan fingerprint density at radius 2 is 2.11 bits per heavy atom. The van der Waals surface area contributed by atoms with E-state index in [2.05, 4.69) is 26.3 Å². The highest BCUT2D eigenvalue weighted by Gasteiger charge is 2.03. The highest BCUT2D eigenvalue weighted by Crippen LogP contribution is 2.22. The maximum Gasteiger partial charge on any atom is 0.166 e. The fourth-order valence-corrected chi connectivity index (χ4v) is 2.63. The fourth-order valence-electron chi connectivity index (χ4n) is 1.81. The summed E-state index contributed by atoms with van der Waals surface area (Å²) >= 11 is 1.69. The number of H-pyrrole nitrogens is 1. The number of para-hydroxylation sites is 2. The van der Waals surface area contributed by atoms with Crippen LogP contribution in [0.25, 0.3) is 11.0 Å². The second kappa shape index (κ2) is 5.32. The Labute approximate surface area is 115 Å². The molecular formula is C14H14N4S. The predicted molar refractivity (Wildman–Crippen MR) is 79.4 cm³/mol. The summed E-state index contributed by atoms with van der Waals surface area (Å²) in [5.41, 5.74) is 3.27. The van der Waals surface area contributed by atoms with E-state index in [1.165, 1.54) is 5.56 Å². The minimum atomic E-state index is 0.858. The summed E-state index contributed by atoms with van der Waals surface area (Å²) in [7, 11) is 1.87. The van der Waals surface area contributed by atoms with Gasteiger partial charge in [-0.3, -0.25) is 0 Å². The van der Waals surface area contributed by atoms with Crippen LogP contribution in [0.3, 0.4) is 0 Å². The van der Waals surface area contributed by atoms with Crippen molar-refractivity contribution >= 4 is 28.6 Å². The van der Waals surface area contributed by atoms with Gasteiger partial charge in [-0.2, -0.15) is 0 Å². The summed E-state index contributed by atoms with van der Waals surface area (Å²) < 4.78 is 0. The van der Waals surface area contributed by atoms with E-state index in [9.17, 15) is 0 Å². The highest BCUT2D eigenvalue weighted by molar-refractivity contribution is 7.98. The number of imidazole rings is 1. The Bertz CT molecular complexity index is 642. The lowest BCUT2D eigenvalue weighted by Crippen LogP contribution is -1.92. The standard InChI is InChI=1S/C14H14N4S/c1-15-13-7-6-10(8-16-13)9-19-14-17-11-4-2-3-5-12(11)18-14/h2-8H,9H2,1H3,(H,15,16)(H,17,18). The average molecular weight is 270 g/mol. The van der Waals surface area contributed by atoms with Gasteiger partial charge in [0.05, 0.1) is 11.0 Å². The zero-order valence-electron chi connectivity index (χ0n) is 10.6. The molecule has 0 saturated heterocycles. The lowest BCUT2D eigenvalue weighted by atomic mass is 10.3. The van der Waals surface area contributed by atoms with Gasteiger partial charge in [-0.15, -0.1) is 0 Å². The van der Waals surface area contributed by atoms with Crippen molar-refractivity contribution < 1.29 is 0 Å². The van der Waals surface area contributed by atoms with Gasteiger partial charge in [0.15, 0.2) is 5.16 Å². The van der Waals surface area contributed by atoms with Crippen molar-refractivity contribution in [3.8, 4) is 0 Å². The van der Waals surface area contributed by atoms with Crippen molar-refractivity contribution in [1.82, 2.24) is 15.0 Å². The molecule has 0 spiro atoms. The lowest BCUT2D eigenvalue weighted by molar-refractivity contribution is 1.08. The molecule has 2 N–H and O–H groups in total. The summed E-state index contributed by atoms with van der Waals surface area (Å²) in [6.45, 7) is 0. The Kier molecular flexibility index (Phi) is 3.37. The van der Waals surface area contributed by atoms with Gasteiger partial charge < -0.3 is 10.3 Å². The number of thioether (sulfide) groups is 1. The number of aromatic nitrogens is 3. The molecule has 0 radical (unpaired) electrons. The Morgan fingerprint density at radius 1 is 1.21 bits per heavy atom. The van der Waals surface area contributed by atoms with Crippen LogP contribution in [0.4, 0.5) is 5.82 Å². The SMILES string of the molecule is CNc1ccc(CSc2nc3ccccc3[nH]2)cn1. The van der Waals surface area contributed by atoms with Crippen LogP contribution in [-0.2, 0) is 5.75 Å². The van der Waals surface area contributed by atoms with Gasteiger partial charge in [0.2, 0.25) is 0 Å². The van der Waals surface area contributed by atoms with E-state index < -0.39 is 0 Å². The van der Waals surface area contributed by atoms with Gasteiger partial charge in [0.1, 0.15) is 5.82 Å². The molecule has 0 aliphatic carbocycles. The quantitative estimate of drug-likeness (QED) is 0.714. The number of nitrogens with zero attached hydrogens (tertiary/aromatic N) is 2. The molecule has 96 valence electrons. The maximum atomic E-state index is 4.54. The topological polar surface area (TPSA) is 53.6 Å². The van der Waals surface area contributed by atoms with Gasteiger partial charge in [-0.25, -0.2) is 9.97 Å². The van der Waals surface area contributed by atoms with Crippen molar-refractivity contribution in [3.63, 3.8) is 0 Å². The third kappa shape index (κ3) is 2.71. The molecule has 19 heavy (non-hydrogen) atoms. The molecule has 0 saturated carbocycles. The van der Waals surface area contributed by atoms with E-state index in [0.29, 0.717) is 0 Å². The monoisotopic (exact) mass is 270 g/mol. The molecule has 2 aromatic heterocycles. The van der Waals surface area contributed by atoms with Crippen LogP contribution in [-0.4, -0.2) is 22.0 Å². The Hall–Kier alpha value is -2.01. The van der Waals surface area contributed by atoms with Crippen LogP contribution in [0.1, 0.15) is 5.56 Å². The number of fused-ring (bicyclic) bond motifs is 1. The second-order valence-electron chi connectivity index (χ2n) is 4.15. The number of aromatic amines is 1. The Balaban J connectivity index is 1.70. The highest BCUT2D eigenvalue weighted by atomic mass is 32.2.